The van der Waals surface area contributed by atoms with Crippen molar-refractivity contribution in [2.45, 2.75) is 51.1 Å². The van der Waals surface area contributed by atoms with Crippen LogP contribution in [0.4, 0.5) is 10.5 Å². The van der Waals surface area contributed by atoms with Crippen LogP contribution in [0.15, 0.2) is 12.4 Å². The lowest BCUT2D eigenvalue weighted by Gasteiger charge is -2.27. The molecule has 1 aliphatic carbocycles. The number of ether oxygens (including phenoxy) is 1. The maximum atomic E-state index is 12.3. The first-order chi connectivity index (χ1) is 10.2. The molecule has 0 bridgehead atoms. The van der Waals surface area contributed by atoms with Crippen LogP contribution in [0.25, 0.3) is 0 Å². The summed E-state index contributed by atoms with van der Waals surface area (Å²) >= 11 is 0. The molecule has 21 heavy (non-hydrogen) atoms. The van der Waals surface area contributed by atoms with Gasteiger partial charge in [-0.1, -0.05) is 25.7 Å². The number of aromatic nitrogens is 2. The van der Waals surface area contributed by atoms with Gasteiger partial charge in [-0.05, 0) is 12.8 Å². The highest BCUT2D eigenvalue weighted by Gasteiger charge is 2.21. The lowest BCUT2D eigenvalue weighted by molar-refractivity contribution is 0.183. The van der Waals surface area contributed by atoms with Crippen molar-refractivity contribution in [3.63, 3.8) is 0 Å². The molecule has 6 nitrogen and oxygen atoms in total. The molecule has 2 rings (SSSR count). The third kappa shape index (κ3) is 4.74. The van der Waals surface area contributed by atoms with Crippen molar-refractivity contribution < 1.29 is 9.53 Å². The summed E-state index contributed by atoms with van der Waals surface area (Å²) in [5.41, 5.74) is 0.733. The van der Waals surface area contributed by atoms with Gasteiger partial charge in [-0.3, -0.25) is 4.68 Å². The Labute approximate surface area is 126 Å². The second kappa shape index (κ2) is 8.02. The normalized spacial score (nSPS) is 16.5. The summed E-state index contributed by atoms with van der Waals surface area (Å²) in [5, 5.41) is 7.12. The van der Waals surface area contributed by atoms with Gasteiger partial charge in [-0.2, -0.15) is 5.10 Å². The van der Waals surface area contributed by atoms with E-state index in [1.54, 1.807) is 18.0 Å². The smallest absolute Gasteiger partial charge is 0.321 e. The molecule has 1 aromatic heterocycles. The number of amides is 2. The minimum atomic E-state index is -0.0480. The standard InChI is InChI=1S/C15H26N4O2/c1-18(14-7-5-3-4-6-8-14)15(20)17-13-11-16-19(12-13)9-10-21-2/h11-12,14H,3-10H2,1-2H3,(H,17,20). The molecule has 1 saturated carbocycles. The molecule has 1 N–H and O–H groups in total. The van der Waals surface area contributed by atoms with E-state index in [-0.39, 0.29) is 6.03 Å². The van der Waals surface area contributed by atoms with Crippen molar-refractivity contribution in [3.05, 3.63) is 12.4 Å². The summed E-state index contributed by atoms with van der Waals surface area (Å²) in [6.45, 7) is 1.29. The maximum absolute atomic E-state index is 12.3. The summed E-state index contributed by atoms with van der Waals surface area (Å²) in [7, 11) is 3.55. The van der Waals surface area contributed by atoms with E-state index in [1.807, 2.05) is 18.1 Å². The third-order valence-electron chi connectivity index (χ3n) is 4.10. The van der Waals surface area contributed by atoms with Crippen molar-refractivity contribution in [1.29, 1.82) is 0 Å². The summed E-state index contributed by atoms with van der Waals surface area (Å²) < 4.78 is 6.78. The molecular formula is C15H26N4O2. The van der Waals surface area contributed by atoms with Crippen molar-refractivity contribution in [1.82, 2.24) is 14.7 Å². The van der Waals surface area contributed by atoms with Crippen molar-refractivity contribution >= 4 is 11.7 Å². The number of rotatable bonds is 5. The van der Waals surface area contributed by atoms with Gasteiger partial charge >= 0.3 is 6.03 Å². The van der Waals surface area contributed by atoms with E-state index >= 15 is 0 Å². The Balaban J connectivity index is 1.86. The number of hydrogen-bond donors (Lipinski definition) is 1. The van der Waals surface area contributed by atoms with Gasteiger partial charge in [0.2, 0.25) is 0 Å². The highest BCUT2D eigenvalue weighted by atomic mass is 16.5. The molecule has 1 fully saturated rings. The van der Waals surface area contributed by atoms with Crippen LogP contribution in [0, 0.1) is 0 Å². The van der Waals surface area contributed by atoms with Crippen molar-refractivity contribution in [3.8, 4) is 0 Å². The zero-order valence-electron chi connectivity index (χ0n) is 13.0. The fraction of sp³-hybridized carbons (Fsp3) is 0.733. The molecule has 0 unspecified atom stereocenters. The largest absolute Gasteiger partial charge is 0.383 e. The predicted octanol–water partition coefficient (Wildman–Crippen LogP) is 2.72. The minimum Gasteiger partial charge on any atom is -0.383 e. The molecule has 118 valence electrons. The van der Waals surface area contributed by atoms with E-state index in [2.05, 4.69) is 10.4 Å². The minimum absolute atomic E-state index is 0.0480. The van der Waals surface area contributed by atoms with Gasteiger partial charge in [0.1, 0.15) is 0 Å². The van der Waals surface area contributed by atoms with Crippen LogP contribution >= 0.6 is 0 Å². The highest BCUT2D eigenvalue weighted by Crippen LogP contribution is 2.21. The van der Waals surface area contributed by atoms with E-state index in [4.69, 9.17) is 4.74 Å². The molecule has 2 amide bonds. The number of nitrogens with one attached hydrogen (secondary N) is 1. The monoisotopic (exact) mass is 294 g/mol. The quantitative estimate of drug-likeness (QED) is 0.849. The van der Waals surface area contributed by atoms with Gasteiger partial charge in [0.25, 0.3) is 0 Å². The highest BCUT2D eigenvalue weighted by molar-refractivity contribution is 5.89. The molecule has 1 aromatic rings. The second-order valence-electron chi connectivity index (χ2n) is 5.67. The third-order valence-corrected chi connectivity index (χ3v) is 4.10. The molecule has 0 atom stereocenters. The fourth-order valence-corrected chi connectivity index (χ4v) is 2.76. The Morgan fingerprint density at radius 2 is 2.14 bits per heavy atom. The second-order valence-corrected chi connectivity index (χ2v) is 5.67. The summed E-state index contributed by atoms with van der Waals surface area (Å²) in [6, 6.07) is 0.309. The predicted molar refractivity (Wildman–Crippen MR) is 82.4 cm³/mol. The summed E-state index contributed by atoms with van der Waals surface area (Å²) in [5.74, 6) is 0. The van der Waals surface area contributed by atoms with Gasteiger partial charge in [0, 0.05) is 26.4 Å². The van der Waals surface area contributed by atoms with E-state index < -0.39 is 0 Å². The first-order valence-electron chi connectivity index (χ1n) is 7.76. The van der Waals surface area contributed by atoms with E-state index in [9.17, 15) is 4.79 Å². The average Bonchev–Trinajstić information content (AvgIpc) is 2.75. The Hall–Kier alpha value is -1.56. The molecular weight excluding hydrogens is 268 g/mol. The zero-order valence-corrected chi connectivity index (χ0v) is 13.0. The molecule has 1 heterocycles. The number of hydrogen-bond acceptors (Lipinski definition) is 3. The molecule has 0 spiro atoms. The average molecular weight is 294 g/mol. The van der Waals surface area contributed by atoms with Crippen LogP contribution in [0.2, 0.25) is 0 Å². The van der Waals surface area contributed by atoms with Gasteiger partial charge in [-0.25, -0.2) is 4.79 Å². The SMILES string of the molecule is COCCn1cc(NC(=O)N(C)C2CCCCCC2)cn1. The number of carbonyl (C=O) groups excluding carboxylic acids is 1. The van der Waals surface area contributed by atoms with Crippen LogP contribution in [-0.4, -0.2) is 47.5 Å². The Morgan fingerprint density at radius 3 is 2.81 bits per heavy atom. The lowest BCUT2D eigenvalue weighted by Crippen LogP contribution is -2.39. The number of carbonyl (C=O) groups is 1. The molecule has 0 radical (unpaired) electrons. The first-order valence-corrected chi connectivity index (χ1v) is 7.76. The number of anilines is 1. The van der Waals surface area contributed by atoms with Crippen LogP contribution in [0.5, 0.6) is 0 Å². The number of nitrogens with zero attached hydrogens (tertiary/aromatic N) is 3. The van der Waals surface area contributed by atoms with Gasteiger partial charge < -0.3 is 15.0 Å². The Bertz CT molecular complexity index is 439. The topological polar surface area (TPSA) is 59.4 Å². The molecule has 6 heteroatoms. The van der Waals surface area contributed by atoms with Gasteiger partial charge in [0.15, 0.2) is 0 Å². The molecule has 0 aromatic carbocycles. The maximum Gasteiger partial charge on any atom is 0.321 e. The molecule has 1 aliphatic rings. The summed E-state index contributed by atoms with van der Waals surface area (Å²) in [6.07, 6.45) is 10.7. The van der Waals surface area contributed by atoms with E-state index in [0.717, 1.165) is 18.5 Å². The van der Waals surface area contributed by atoms with Crippen molar-refractivity contribution in [2.24, 2.45) is 0 Å². The van der Waals surface area contributed by atoms with E-state index in [0.29, 0.717) is 19.2 Å². The molecule has 0 saturated heterocycles. The zero-order chi connectivity index (χ0) is 15.1. The summed E-state index contributed by atoms with van der Waals surface area (Å²) in [4.78, 5) is 14.1. The number of urea groups is 1. The van der Waals surface area contributed by atoms with Crippen LogP contribution in [-0.2, 0) is 11.3 Å². The molecule has 0 aliphatic heterocycles. The van der Waals surface area contributed by atoms with Gasteiger partial charge in [-0.15, -0.1) is 0 Å². The fourth-order valence-electron chi connectivity index (χ4n) is 2.76. The first kappa shape index (κ1) is 15.8. The Kier molecular flexibility index (Phi) is 6.04. The van der Waals surface area contributed by atoms with Crippen LogP contribution in [0.3, 0.4) is 0 Å². The van der Waals surface area contributed by atoms with Gasteiger partial charge in [0.05, 0.1) is 25.0 Å². The van der Waals surface area contributed by atoms with E-state index in [1.165, 1.54) is 25.7 Å². The Morgan fingerprint density at radius 1 is 1.43 bits per heavy atom. The number of methoxy groups -OCH3 is 1. The van der Waals surface area contributed by atoms with Crippen LogP contribution in [0.1, 0.15) is 38.5 Å². The van der Waals surface area contributed by atoms with Crippen molar-refractivity contribution in [2.75, 3.05) is 26.1 Å². The lowest BCUT2D eigenvalue weighted by atomic mass is 10.1. The van der Waals surface area contributed by atoms with Crippen LogP contribution < -0.4 is 5.32 Å².